The highest BCUT2D eigenvalue weighted by Crippen LogP contribution is 2.26. The minimum atomic E-state index is -0.480. The minimum absolute atomic E-state index is 0.480. The molecule has 0 aliphatic rings. The summed E-state index contributed by atoms with van der Waals surface area (Å²) >= 11 is 5.77. The van der Waals surface area contributed by atoms with Crippen molar-refractivity contribution in [1.29, 1.82) is 0 Å². The van der Waals surface area contributed by atoms with Crippen LogP contribution in [0.4, 0.5) is 0 Å². The van der Waals surface area contributed by atoms with Gasteiger partial charge >= 0.3 is 0 Å². The zero-order chi connectivity index (χ0) is 10.6. The lowest BCUT2D eigenvalue weighted by atomic mass is 9.81. The Morgan fingerprint density at radius 2 is 2.00 bits per heavy atom. The Balaban J connectivity index is 3.05. The highest BCUT2D eigenvalue weighted by molar-refractivity contribution is 6.30. The lowest BCUT2D eigenvalue weighted by Crippen LogP contribution is -2.22. The van der Waals surface area contributed by atoms with E-state index in [4.69, 9.17) is 11.6 Å². The van der Waals surface area contributed by atoms with Gasteiger partial charge in [-0.1, -0.05) is 29.8 Å². The van der Waals surface area contributed by atoms with Crippen LogP contribution in [0.5, 0.6) is 0 Å². The second kappa shape index (κ2) is 4.43. The van der Waals surface area contributed by atoms with Crippen molar-refractivity contribution >= 4 is 17.9 Å². The van der Waals surface area contributed by atoms with Gasteiger partial charge in [0.25, 0.3) is 0 Å². The molecule has 0 bridgehead atoms. The molecule has 1 nitrogen and oxygen atoms in total. The van der Waals surface area contributed by atoms with Gasteiger partial charge < -0.3 is 4.79 Å². The van der Waals surface area contributed by atoms with Crippen LogP contribution >= 0.6 is 11.6 Å². The highest BCUT2D eigenvalue weighted by Gasteiger charge is 2.23. The van der Waals surface area contributed by atoms with Gasteiger partial charge in [-0.05, 0) is 31.0 Å². The predicted octanol–water partition coefficient (Wildman–Crippen LogP) is 3.37. The third kappa shape index (κ3) is 2.24. The van der Waals surface area contributed by atoms with Crippen LogP contribution in [-0.4, -0.2) is 6.29 Å². The predicted molar refractivity (Wildman–Crippen MR) is 59.7 cm³/mol. The number of halogens is 1. The molecule has 1 aromatic carbocycles. The summed E-state index contributed by atoms with van der Waals surface area (Å²) in [6, 6.07) is 7.34. The molecule has 0 fully saturated rings. The zero-order valence-corrected chi connectivity index (χ0v) is 8.92. The normalized spacial score (nSPS) is 14.4. The van der Waals surface area contributed by atoms with E-state index in [-0.39, 0.29) is 0 Å². The number of carbonyl (C=O) groups is 1. The molecule has 14 heavy (non-hydrogen) atoms. The molecule has 0 aliphatic heterocycles. The van der Waals surface area contributed by atoms with E-state index in [1.807, 2.05) is 19.1 Å². The Kier molecular flexibility index (Phi) is 3.48. The topological polar surface area (TPSA) is 17.1 Å². The van der Waals surface area contributed by atoms with E-state index in [1.54, 1.807) is 18.2 Å². The van der Waals surface area contributed by atoms with E-state index in [9.17, 15) is 4.79 Å². The van der Waals surface area contributed by atoms with Crippen molar-refractivity contribution in [3.63, 3.8) is 0 Å². The first-order valence-corrected chi connectivity index (χ1v) is 4.83. The van der Waals surface area contributed by atoms with Crippen molar-refractivity contribution in [2.75, 3.05) is 0 Å². The fraction of sp³-hybridized carbons (Fsp3) is 0.250. The van der Waals surface area contributed by atoms with Crippen LogP contribution in [0.25, 0.3) is 0 Å². The highest BCUT2D eigenvalue weighted by atomic mass is 35.5. The van der Waals surface area contributed by atoms with Gasteiger partial charge in [0.05, 0.1) is 5.41 Å². The van der Waals surface area contributed by atoms with Gasteiger partial charge in [0.1, 0.15) is 6.29 Å². The van der Waals surface area contributed by atoms with Crippen molar-refractivity contribution in [3.05, 3.63) is 47.5 Å². The number of hydrogen-bond donors (Lipinski definition) is 0. The molecule has 0 aliphatic carbocycles. The van der Waals surface area contributed by atoms with Crippen molar-refractivity contribution in [1.82, 2.24) is 0 Å². The van der Waals surface area contributed by atoms with Crippen LogP contribution < -0.4 is 0 Å². The molecule has 0 spiro atoms. The Labute approximate surface area is 89.4 Å². The minimum Gasteiger partial charge on any atom is -0.302 e. The van der Waals surface area contributed by atoms with Gasteiger partial charge in [0.15, 0.2) is 0 Å². The molecule has 0 saturated heterocycles. The molecular weight excluding hydrogens is 196 g/mol. The summed E-state index contributed by atoms with van der Waals surface area (Å²) in [6.07, 6.45) is 3.35. The summed E-state index contributed by atoms with van der Waals surface area (Å²) < 4.78 is 0. The Bertz CT molecular complexity index is 329. The summed E-state index contributed by atoms with van der Waals surface area (Å²) in [5.41, 5.74) is 0.489. The molecule has 0 heterocycles. The summed E-state index contributed by atoms with van der Waals surface area (Å²) in [4.78, 5) is 11.0. The molecular formula is C12H13ClO. The Hall–Kier alpha value is -1.08. The van der Waals surface area contributed by atoms with Crippen LogP contribution in [0.2, 0.25) is 5.02 Å². The molecule has 0 aromatic heterocycles. The maximum atomic E-state index is 11.0. The average Bonchev–Trinajstić information content (AvgIpc) is 2.19. The largest absolute Gasteiger partial charge is 0.302 e. The fourth-order valence-electron chi connectivity index (χ4n) is 1.36. The molecule has 0 saturated carbocycles. The van der Waals surface area contributed by atoms with Crippen LogP contribution in [0, 0.1) is 0 Å². The van der Waals surface area contributed by atoms with E-state index in [0.717, 1.165) is 11.8 Å². The van der Waals surface area contributed by atoms with Crippen LogP contribution in [-0.2, 0) is 10.2 Å². The second-order valence-corrected chi connectivity index (χ2v) is 3.97. The first kappa shape index (κ1) is 11.0. The van der Waals surface area contributed by atoms with Crippen molar-refractivity contribution in [3.8, 4) is 0 Å². The number of aldehydes is 1. The number of hydrogen-bond acceptors (Lipinski definition) is 1. The summed E-state index contributed by atoms with van der Waals surface area (Å²) in [5, 5.41) is 0.681. The number of allylic oxidation sites excluding steroid dienone is 1. The van der Waals surface area contributed by atoms with E-state index in [1.165, 1.54) is 0 Å². The van der Waals surface area contributed by atoms with Crippen LogP contribution in [0.3, 0.4) is 0 Å². The molecule has 2 heteroatoms. The molecule has 0 N–H and O–H groups in total. The summed E-state index contributed by atoms with van der Waals surface area (Å²) in [7, 11) is 0. The number of carbonyl (C=O) groups excluding carboxylic acids is 1. The molecule has 1 aromatic rings. The molecule has 1 rings (SSSR count). The van der Waals surface area contributed by atoms with Gasteiger partial charge in [-0.15, -0.1) is 6.58 Å². The van der Waals surface area contributed by atoms with Crippen molar-refractivity contribution < 1.29 is 4.79 Å². The SMILES string of the molecule is C=CC[C@](C)(C=O)c1ccc(Cl)cc1. The van der Waals surface area contributed by atoms with Gasteiger partial charge in [-0.2, -0.15) is 0 Å². The van der Waals surface area contributed by atoms with E-state index in [2.05, 4.69) is 6.58 Å². The standard InChI is InChI=1S/C12H13ClO/c1-3-8-12(2,9-14)10-4-6-11(13)7-5-10/h3-7,9H,1,8H2,2H3/t12-/m1/s1. The smallest absolute Gasteiger partial charge is 0.130 e. The molecule has 74 valence electrons. The van der Waals surface area contributed by atoms with Crippen molar-refractivity contribution in [2.45, 2.75) is 18.8 Å². The fourth-order valence-corrected chi connectivity index (χ4v) is 1.49. The van der Waals surface area contributed by atoms with Crippen LogP contribution in [0.15, 0.2) is 36.9 Å². The lowest BCUT2D eigenvalue weighted by molar-refractivity contribution is -0.112. The van der Waals surface area contributed by atoms with E-state index < -0.39 is 5.41 Å². The molecule has 0 amide bonds. The van der Waals surface area contributed by atoms with Crippen molar-refractivity contribution in [2.24, 2.45) is 0 Å². The third-order valence-corrected chi connectivity index (χ3v) is 2.58. The molecule has 1 atom stereocenters. The summed E-state index contributed by atoms with van der Waals surface area (Å²) in [5.74, 6) is 0. The molecule has 0 unspecified atom stereocenters. The third-order valence-electron chi connectivity index (χ3n) is 2.33. The average molecular weight is 209 g/mol. The molecule has 0 radical (unpaired) electrons. The summed E-state index contributed by atoms with van der Waals surface area (Å²) in [6.45, 7) is 5.55. The van der Waals surface area contributed by atoms with Crippen LogP contribution in [0.1, 0.15) is 18.9 Å². The Morgan fingerprint density at radius 3 is 2.43 bits per heavy atom. The van der Waals surface area contributed by atoms with Gasteiger partial charge in [-0.3, -0.25) is 0 Å². The Morgan fingerprint density at radius 1 is 1.43 bits per heavy atom. The van der Waals surface area contributed by atoms with E-state index in [0.29, 0.717) is 11.4 Å². The lowest BCUT2D eigenvalue weighted by Gasteiger charge is -2.21. The number of benzene rings is 1. The second-order valence-electron chi connectivity index (χ2n) is 3.54. The maximum absolute atomic E-state index is 11.0. The zero-order valence-electron chi connectivity index (χ0n) is 8.16. The first-order valence-electron chi connectivity index (χ1n) is 4.45. The van der Waals surface area contributed by atoms with Gasteiger partial charge in [0.2, 0.25) is 0 Å². The van der Waals surface area contributed by atoms with E-state index >= 15 is 0 Å². The monoisotopic (exact) mass is 208 g/mol. The number of rotatable bonds is 4. The van der Waals surface area contributed by atoms with Gasteiger partial charge in [-0.25, -0.2) is 0 Å². The quantitative estimate of drug-likeness (QED) is 0.548. The van der Waals surface area contributed by atoms with Gasteiger partial charge in [0, 0.05) is 5.02 Å². The first-order chi connectivity index (χ1) is 6.62. The maximum Gasteiger partial charge on any atom is 0.130 e.